The molecule has 0 aromatic carbocycles. The van der Waals surface area contributed by atoms with Crippen LogP contribution in [0.1, 0.15) is 6.42 Å². The summed E-state index contributed by atoms with van der Waals surface area (Å²) in [5.41, 5.74) is 0. The van der Waals surface area contributed by atoms with Gasteiger partial charge in [-0.15, -0.1) is 0 Å². The first-order chi connectivity index (χ1) is 5.86. The van der Waals surface area contributed by atoms with E-state index in [2.05, 4.69) is 17.5 Å². The maximum atomic E-state index is 11.3. The minimum absolute atomic E-state index is 0.310. The molecule has 2 bridgehead atoms. The molecule has 12 heavy (non-hydrogen) atoms. The van der Waals surface area contributed by atoms with Gasteiger partial charge in [-0.2, -0.15) is 0 Å². The molecule has 0 radical (unpaired) electrons. The molecule has 0 aromatic rings. The van der Waals surface area contributed by atoms with Crippen LogP contribution in [0.5, 0.6) is 0 Å². The molecule has 3 fully saturated rings. The van der Waals surface area contributed by atoms with Crippen molar-refractivity contribution < 1.29 is 4.79 Å². The summed E-state index contributed by atoms with van der Waals surface area (Å²) in [5.74, 6) is 3.80. The van der Waals surface area contributed by atoms with Gasteiger partial charge in [0, 0.05) is 12.0 Å². The van der Waals surface area contributed by atoms with Gasteiger partial charge in [0.1, 0.15) is 0 Å². The molecule has 1 aliphatic heterocycles. The van der Waals surface area contributed by atoms with E-state index in [0.717, 1.165) is 11.8 Å². The molecule has 62 valence electrons. The molecule has 1 saturated heterocycles. The lowest BCUT2D eigenvalue weighted by atomic mass is 9.62. The number of carbonyl (C=O) groups excluding carboxylic acids is 1. The normalized spacial score (nSPS) is 63.2. The molecule has 2 heteroatoms. The van der Waals surface area contributed by atoms with Gasteiger partial charge in [0.2, 0.25) is 5.91 Å². The van der Waals surface area contributed by atoms with E-state index in [0.29, 0.717) is 29.7 Å². The van der Waals surface area contributed by atoms with Crippen LogP contribution in [0.25, 0.3) is 0 Å². The highest BCUT2D eigenvalue weighted by Gasteiger charge is 2.64. The van der Waals surface area contributed by atoms with E-state index in [4.69, 9.17) is 0 Å². The Balaban J connectivity index is 1.85. The van der Waals surface area contributed by atoms with E-state index < -0.39 is 0 Å². The van der Waals surface area contributed by atoms with Crippen molar-refractivity contribution in [2.24, 2.45) is 29.6 Å². The maximum Gasteiger partial charge on any atom is 0.226 e. The molecule has 4 aliphatic carbocycles. The summed E-state index contributed by atoms with van der Waals surface area (Å²) in [6.07, 6.45) is 6.03. The second-order valence-electron chi connectivity index (χ2n) is 4.66. The Morgan fingerprint density at radius 2 is 2.00 bits per heavy atom. The number of nitrogens with one attached hydrogen (secondary N) is 1. The van der Waals surface area contributed by atoms with Gasteiger partial charge >= 0.3 is 0 Å². The molecule has 5 aliphatic rings. The first kappa shape index (κ1) is 5.79. The van der Waals surface area contributed by atoms with E-state index in [9.17, 15) is 4.79 Å². The summed E-state index contributed by atoms with van der Waals surface area (Å²) >= 11 is 0. The van der Waals surface area contributed by atoms with Crippen molar-refractivity contribution in [2.45, 2.75) is 12.5 Å². The Labute approximate surface area is 71.0 Å². The fourth-order valence-electron chi connectivity index (χ4n) is 3.60. The molecule has 6 atom stereocenters. The van der Waals surface area contributed by atoms with E-state index in [1.165, 1.54) is 6.42 Å². The molecule has 1 heterocycles. The molecular weight excluding hydrogens is 150 g/mol. The fourth-order valence-corrected chi connectivity index (χ4v) is 3.60. The van der Waals surface area contributed by atoms with Crippen molar-refractivity contribution in [3.05, 3.63) is 12.2 Å². The van der Waals surface area contributed by atoms with Crippen molar-refractivity contribution in [1.29, 1.82) is 0 Å². The Bertz CT molecular complexity index is 309. The summed E-state index contributed by atoms with van der Waals surface area (Å²) in [6.45, 7) is 0. The molecular formula is C10H11NO. The minimum Gasteiger partial charge on any atom is -0.352 e. The van der Waals surface area contributed by atoms with Crippen LogP contribution in [0.2, 0.25) is 0 Å². The zero-order chi connectivity index (χ0) is 7.87. The molecule has 2 nitrogen and oxygen atoms in total. The van der Waals surface area contributed by atoms with E-state index in [1.54, 1.807) is 0 Å². The highest BCUT2D eigenvalue weighted by Crippen LogP contribution is 2.63. The van der Waals surface area contributed by atoms with Crippen molar-refractivity contribution in [2.75, 3.05) is 0 Å². The molecule has 2 saturated carbocycles. The van der Waals surface area contributed by atoms with Gasteiger partial charge in [-0.3, -0.25) is 4.79 Å². The standard InChI is InChI=1S/C10H11NO/c12-10-8-4-1-2-5(9(8)11-10)7-3-6(4)7/h1-2,4-9H,3H2,(H,11,12)/t4-,5-,6+,7-,8+,9+/m0/s1. The zero-order valence-electron chi connectivity index (χ0n) is 6.73. The number of amides is 1. The third kappa shape index (κ3) is 0.425. The van der Waals surface area contributed by atoms with Crippen molar-refractivity contribution in [3.8, 4) is 0 Å². The second kappa shape index (κ2) is 1.48. The predicted molar refractivity (Wildman–Crippen MR) is 43.1 cm³/mol. The maximum absolute atomic E-state index is 11.3. The molecule has 0 unspecified atom stereocenters. The highest BCUT2D eigenvalue weighted by atomic mass is 16.2. The smallest absolute Gasteiger partial charge is 0.226 e. The summed E-state index contributed by atoms with van der Waals surface area (Å²) in [7, 11) is 0. The number of hydrogen-bond acceptors (Lipinski definition) is 1. The van der Waals surface area contributed by atoms with Gasteiger partial charge in [0.25, 0.3) is 0 Å². The lowest BCUT2D eigenvalue weighted by Gasteiger charge is -2.50. The molecule has 1 amide bonds. The van der Waals surface area contributed by atoms with Crippen LogP contribution >= 0.6 is 0 Å². The number of carbonyl (C=O) groups is 1. The van der Waals surface area contributed by atoms with Crippen molar-refractivity contribution >= 4 is 5.91 Å². The van der Waals surface area contributed by atoms with E-state index >= 15 is 0 Å². The van der Waals surface area contributed by atoms with Gasteiger partial charge in [-0.25, -0.2) is 0 Å². The summed E-state index contributed by atoms with van der Waals surface area (Å²) in [6, 6.07) is 0.524. The van der Waals surface area contributed by atoms with Crippen LogP contribution in [-0.4, -0.2) is 11.9 Å². The van der Waals surface area contributed by atoms with Crippen molar-refractivity contribution in [1.82, 2.24) is 5.32 Å². The Hall–Kier alpha value is -0.790. The Morgan fingerprint density at radius 1 is 1.25 bits per heavy atom. The van der Waals surface area contributed by atoms with Gasteiger partial charge in [0.15, 0.2) is 0 Å². The summed E-state index contributed by atoms with van der Waals surface area (Å²) in [4.78, 5) is 11.3. The number of hydrogen-bond donors (Lipinski definition) is 1. The van der Waals surface area contributed by atoms with Gasteiger partial charge in [0.05, 0.1) is 5.92 Å². The minimum atomic E-state index is 0.310. The predicted octanol–water partition coefficient (Wildman–Crippen LogP) is 0.553. The zero-order valence-corrected chi connectivity index (χ0v) is 6.73. The van der Waals surface area contributed by atoms with Gasteiger partial charge < -0.3 is 5.32 Å². The van der Waals surface area contributed by atoms with Crippen LogP contribution < -0.4 is 5.32 Å². The third-order valence-corrected chi connectivity index (χ3v) is 4.26. The molecule has 0 spiro atoms. The first-order valence-electron chi connectivity index (χ1n) is 4.85. The van der Waals surface area contributed by atoms with Gasteiger partial charge in [-0.1, -0.05) is 12.2 Å². The van der Waals surface area contributed by atoms with Crippen LogP contribution in [-0.2, 0) is 4.79 Å². The van der Waals surface area contributed by atoms with Crippen LogP contribution in [0, 0.1) is 29.6 Å². The Morgan fingerprint density at radius 3 is 2.83 bits per heavy atom. The monoisotopic (exact) mass is 161 g/mol. The number of rotatable bonds is 0. The van der Waals surface area contributed by atoms with Gasteiger partial charge in [-0.05, 0) is 24.2 Å². The van der Waals surface area contributed by atoms with E-state index in [-0.39, 0.29) is 0 Å². The van der Waals surface area contributed by atoms with Crippen LogP contribution in [0.15, 0.2) is 12.2 Å². The molecule has 5 rings (SSSR count). The SMILES string of the molecule is O=C1N[C@@H]2[C@H]3C=C[C@@H]([C@H]4C[C@@H]34)[C@@H]12. The molecule has 0 aromatic heterocycles. The number of allylic oxidation sites excluding steroid dienone is 1. The third-order valence-electron chi connectivity index (χ3n) is 4.26. The highest BCUT2D eigenvalue weighted by molar-refractivity contribution is 5.87. The quantitative estimate of drug-likeness (QED) is 0.408. The second-order valence-corrected chi connectivity index (χ2v) is 4.66. The summed E-state index contributed by atoms with van der Waals surface area (Å²) < 4.78 is 0. The van der Waals surface area contributed by atoms with Crippen LogP contribution in [0.4, 0.5) is 0 Å². The Kier molecular flexibility index (Phi) is 0.713. The molecule has 1 N–H and O–H groups in total. The average Bonchev–Trinajstić information content (AvgIpc) is 2.81. The topological polar surface area (TPSA) is 29.1 Å². The van der Waals surface area contributed by atoms with E-state index in [1.807, 2.05) is 0 Å². The summed E-state index contributed by atoms with van der Waals surface area (Å²) in [5, 5.41) is 3.04. The average molecular weight is 161 g/mol. The largest absolute Gasteiger partial charge is 0.352 e. The number of β-lactam (4-membered cyclic amide) rings is 1. The fraction of sp³-hybridized carbons (Fsp3) is 0.700. The first-order valence-corrected chi connectivity index (χ1v) is 4.85. The van der Waals surface area contributed by atoms with Crippen LogP contribution in [0.3, 0.4) is 0 Å². The lowest BCUT2D eigenvalue weighted by molar-refractivity contribution is -0.142. The van der Waals surface area contributed by atoms with Crippen molar-refractivity contribution in [3.63, 3.8) is 0 Å². The lowest BCUT2D eigenvalue weighted by Crippen LogP contribution is -2.67.